The molecule has 1 N–H and O–H groups in total. The first-order chi connectivity index (χ1) is 13.9. The van der Waals surface area contributed by atoms with E-state index in [2.05, 4.69) is 26.3 Å². The van der Waals surface area contributed by atoms with E-state index in [1.54, 1.807) is 10.9 Å². The summed E-state index contributed by atoms with van der Waals surface area (Å²) < 4.78 is 8.02. The van der Waals surface area contributed by atoms with Crippen molar-refractivity contribution in [3.05, 3.63) is 50.7 Å². The number of rotatable bonds is 4. The lowest BCUT2D eigenvalue weighted by molar-refractivity contribution is -0.0555. The van der Waals surface area contributed by atoms with Crippen LogP contribution in [0.5, 0.6) is 0 Å². The van der Waals surface area contributed by atoms with Gasteiger partial charge in [0, 0.05) is 24.5 Å². The Bertz CT molecular complexity index is 998. The number of aromatic nitrogens is 2. The van der Waals surface area contributed by atoms with Crippen LogP contribution in [0.15, 0.2) is 28.9 Å². The van der Waals surface area contributed by atoms with Gasteiger partial charge in [-0.2, -0.15) is 5.10 Å². The summed E-state index contributed by atoms with van der Waals surface area (Å²) in [7, 11) is 1.86. The molecule has 1 saturated carbocycles. The molecule has 1 aliphatic carbocycles. The summed E-state index contributed by atoms with van der Waals surface area (Å²) in [6.45, 7) is 1.18. The molecule has 2 fully saturated rings. The number of nitrogens with one attached hydrogen (secondary N) is 1. The van der Waals surface area contributed by atoms with E-state index >= 15 is 0 Å². The Kier molecular flexibility index (Phi) is 4.40. The van der Waals surface area contributed by atoms with Crippen molar-refractivity contribution in [2.75, 3.05) is 13.1 Å². The minimum atomic E-state index is -0.390. The molecule has 2 aromatic rings. The lowest BCUT2D eigenvalue weighted by Gasteiger charge is -2.44. The molecule has 5 rings (SSSR count). The van der Waals surface area contributed by atoms with Gasteiger partial charge in [0.2, 0.25) is 0 Å². The zero-order chi connectivity index (χ0) is 20.3. The molecule has 9 heteroatoms. The number of ether oxygens (including phenoxy) is 1. The first-order valence-corrected chi connectivity index (χ1v) is 10.8. The summed E-state index contributed by atoms with van der Waals surface area (Å²) in [4.78, 5) is 26.7. The minimum Gasteiger partial charge on any atom is -0.441 e. The van der Waals surface area contributed by atoms with Crippen LogP contribution in [0, 0.1) is 5.92 Å². The van der Waals surface area contributed by atoms with Gasteiger partial charge in [-0.05, 0) is 46.3 Å². The van der Waals surface area contributed by atoms with Crippen LogP contribution in [0.1, 0.15) is 40.5 Å². The Morgan fingerprint density at radius 2 is 2.17 bits per heavy atom. The van der Waals surface area contributed by atoms with Crippen molar-refractivity contribution >= 4 is 39.5 Å². The summed E-state index contributed by atoms with van der Waals surface area (Å²) in [5.74, 6) is 0.322. The maximum Gasteiger partial charge on any atom is 0.407 e. The molecular formula is C20H20BrClN4O3. The van der Waals surface area contributed by atoms with Crippen LogP contribution in [0.3, 0.4) is 0 Å². The zero-order valence-corrected chi connectivity index (χ0v) is 18.2. The predicted octanol–water partition coefficient (Wildman–Crippen LogP) is 3.46. The molecule has 1 spiro atoms. The summed E-state index contributed by atoms with van der Waals surface area (Å²) in [6.07, 6.45) is 3.43. The monoisotopic (exact) mass is 478 g/mol. The van der Waals surface area contributed by atoms with Crippen LogP contribution in [0.4, 0.5) is 4.79 Å². The van der Waals surface area contributed by atoms with Crippen molar-refractivity contribution in [2.24, 2.45) is 13.0 Å². The van der Waals surface area contributed by atoms with E-state index < -0.39 is 5.60 Å². The number of amides is 2. The maximum atomic E-state index is 13.3. The van der Waals surface area contributed by atoms with Crippen molar-refractivity contribution in [3.8, 4) is 0 Å². The van der Waals surface area contributed by atoms with E-state index in [0.717, 1.165) is 34.1 Å². The molecule has 2 aliphatic heterocycles. The molecular weight excluding hydrogens is 460 g/mol. The van der Waals surface area contributed by atoms with Crippen LogP contribution in [-0.4, -0.2) is 45.4 Å². The minimum absolute atomic E-state index is 0.0262. The van der Waals surface area contributed by atoms with Crippen LogP contribution in [-0.2, 0) is 18.2 Å². The fourth-order valence-corrected chi connectivity index (χ4v) is 5.70. The fourth-order valence-electron chi connectivity index (χ4n) is 4.91. The first kappa shape index (κ1) is 18.9. The van der Waals surface area contributed by atoms with Crippen molar-refractivity contribution in [3.63, 3.8) is 0 Å². The molecule has 1 aromatic heterocycles. The Morgan fingerprint density at radius 3 is 2.83 bits per heavy atom. The molecule has 0 bridgehead atoms. The number of hydrogen-bond donors (Lipinski definition) is 1. The highest BCUT2D eigenvalue weighted by Crippen LogP contribution is 2.46. The molecule has 1 unspecified atom stereocenters. The van der Waals surface area contributed by atoms with E-state index in [1.807, 2.05) is 30.1 Å². The van der Waals surface area contributed by atoms with Gasteiger partial charge >= 0.3 is 6.09 Å². The molecule has 7 nitrogen and oxygen atoms in total. The molecule has 2 amide bonds. The van der Waals surface area contributed by atoms with Gasteiger partial charge in [-0.3, -0.25) is 9.48 Å². The summed E-state index contributed by atoms with van der Waals surface area (Å²) in [5.41, 5.74) is 2.24. The van der Waals surface area contributed by atoms with Crippen LogP contribution in [0.2, 0.25) is 5.02 Å². The Hall–Kier alpha value is -2.06. The third-order valence-electron chi connectivity index (χ3n) is 6.29. The Labute approximate surface area is 181 Å². The highest BCUT2D eigenvalue weighted by molar-refractivity contribution is 9.10. The number of alkyl carbamates (subject to hydrolysis) is 1. The van der Waals surface area contributed by atoms with Gasteiger partial charge in [0.25, 0.3) is 5.91 Å². The van der Waals surface area contributed by atoms with Gasteiger partial charge in [0.05, 0.1) is 35.1 Å². The second-order valence-corrected chi connectivity index (χ2v) is 9.41. The lowest BCUT2D eigenvalue weighted by Crippen LogP contribution is -2.51. The molecule has 0 radical (unpaired) electrons. The largest absolute Gasteiger partial charge is 0.441 e. The highest BCUT2D eigenvalue weighted by Gasteiger charge is 2.52. The van der Waals surface area contributed by atoms with Gasteiger partial charge in [-0.15, -0.1) is 0 Å². The molecule has 1 saturated heterocycles. The van der Waals surface area contributed by atoms with Gasteiger partial charge in [-0.1, -0.05) is 23.7 Å². The molecule has 29 heavy (non-hydrogen) atoms. The summed E-state index contributed by atoms with van der Waals surface area (Å²) in [5, 5.41) is 7.58. The normalized spacial score (nSPS) is 27.8. The molecule has 1 atom stereocenters. The van der Waals surface area contributed by atoms with Crippen molar-refractivity contribution in [2.45, 2.75) is 30.9 Å². The summed E-state index contributed by atoms with van der Waals surface area (Å²) in [6, 6.07) is 5.76. The quantitative estimate of drug-likeness (QED) is 0.729. The number of aryl methyl sites for hydroxylation is 1. The average molecular weight is 480 g/mol. The number of carbonyl (C=O) groups is 2. The third-order valence-corrected chi connectivity index (χ3v) is 7.27. The van der Waals surface area contributed by atoms with E-state index in [-0.39, 0.29) is 18.0 Å². The number of halogens is 2. The molecule has 152 valence electrons. The Balaban J connectivity index is 1.41. The molecule has 1 aromatic carbocycles. The van der Waals surface area contributed by atoms with Gasteiger partial charge in [0.1, 0.15) is 5.60 Å². The smallest absolute Gasteiger partial charge is 0.407 e. The van der Waals surface area contributed by atoms with E-state index in [1.165, 1.54) is 0 Å². The third kappa shape index (κ3) is 3.04. The number of hydrogen-bond acceptors (Lipinski definition) is 4. The van der Waals surface area contributed by atoms with Gasteiger partial charge in [0.15, 0.2) is 0 Å². The molecule has 3 heterocycles. The zero-order valence-electron chi connectivity index (χ0n) is 15.8. The van der Waals surface area contributed by atoms with Gasteiger partial charge < -0.3 is 15.0 Å². The summed E-state index contributed by atoms with van der Waals surface area (Å²) >= 11 is 9.90. The van der Waals surface area contributed by atoms with Crippen molar-refractivity contribution in [1.29, 1.82) is 0 Å². The lowest BCUT2D eigenvalue weighted by atomic mass is 9.70. The highest BCUT2D eigenvalue weighted by atomic mass is 79.9. The van der Waals surface area contributed by atoms with Crippen LogP contribution in [0.25, 0.3) is 0 Å². The topological polar surface area (TPSA) is 76.5 Å². The SMILES string of the molecule is Cn1ncc(Cl)c1CC1c2cccc(Br)c2C(=O)N1CC1CC2(CNC(=O)O2)C1. The van der Waals surface area contributed by atoms with Crippen molar-refractivity contribution < 1.29 is 14.3 Å². The number of nitrogens with zero attached hydrogens (tertiary/aromatic N) is 3. The van der Waals surface area contributed by atoms with Crippen molar-refractivity contribution in [1.82, 2.24) is 20.0 Å². The van der Waals surface area contributed by atoms with Crippen LogP contribution >= 0.6 is 27.5 Å². The second kappa shape index (κ2) is 6.74. The second-order valence-electron chi connectivity index (χ2n) is 8.14. The van der Waals surface area contributed by atoms with E-state index in [0.29, 0.717) is 30.5 Å². The molecule has 3 aliphatic rings. The fraction of sp³-hybridized carbons (Fsp3) is 0.450. The first-order valence-electron chi connectivity index (χ1n) is 9.59. The number of carbonyl (C=O) groups excluding carboxylic acids is 2. The van der Waals surface area contributed by atoms with E-state index in [4.69, 9.17) is 16.3 Å². The van der Waals surface area contributed by atoms with Crippen LogP contribution < -0.4 is 5.32 Å². The predicted molar refractivity (Wildman–Crippen MR) is 110 cm³/mol. The standard InChI is InChI=1S/C20H20BrClN4O3/c1-25-16(14(22)8-24-25)5-15-12-3-2-4-13(21)17(12)18(27)26(15)9-11-6-20(7-11)10-23-19(28)29-20/h2-4,8,11,15H,5-7,9-10H2,1H3,(H,23,28). The van der Waals surface area contributed by atoms with E-state index in [9.17, 15) is 9.59 Å². The maximum absolute atomic E-state index is 13.3. The van der Waals surface area contributed by atoms with Gasteiger partial charge in [-0.25, -0.2) is 4.79 Å². The number of fused-ring (bicyclic) bond motifs is 1. The number of benzene rings is 1. The average Bonchev–Trinajstić information content (AvgIpc) is 3.27. The Morgan fingerprint density at radius 1 is 1.38 bits per heavy atom.